The lowest BCUT2D eigenvalue weighted by Crippen LogP contribution is -2.07. The second-order valence-electron chi connectivity index (χ2n) is 7.34. The van der Waals surface area contributed by atoms with Gasteiger partial charge in [0.1, 0.15) is 5.78 Å². The number of halogens is 2. The number of rotatable bonds is 9. The van der Waals surface area contributed by atoms with Gasteiger partial charge in [-0.2, -0.15) is 0 Å². The number of aliphatic hydroxyl groups excluding tert-OH is 1. The zero-order valence-corrected chi connectivity index (χ0v) is 20.5. The van der Waals surface area contributed by atoms with E-state index in [0.717, 1.165) is 22.3 Å². The predicted octanol–water partition coefficient (Wildman–Crippen LogP) is 5.50. The quantitative estimate of drug-likeness (QED) is 0.386. The topological polar surface area (TPSA) is 71.4 Å². The Morgan fingerprint density at radius 3 is 2.00 bits per heavy atom. The van der Waals surface area contributed by atoms with Gasteiger partial charge in [0.2, 0.25) is 0 Å². The number of thioether (sulfide) groups is 1. The highest BCUT2D eigenvalue weighted by Gasteiger charge is 2.14. The summed E-state index contributed by atoms with van der Waals surface area (Å²) in [6, 6.07) is 17.5. The number of hydrogen-bond donors (Lipinski definition) is 1. The molecule has 32 heavy (non-hydrogen) atoms. The van der Waals surface area contributed by atoms with Crippen LogP contribution in [-0.4, -0.2) is 37.9 Å². The van der Waals surface area contributed by atoms with Gasteiger partial charge in [-0.25, -0.2) is 8.42 Å². The van der Waals surface area contributed by atoms with Gasteiger partial charge in [-0.05, 0) is 53.1 Å². The van der Waals surface area contributed by atoms with Crippen LogP contribution in [0.4, 0.5) is 0 Å². The van der Waals surface area contributed by atoms with E-state index in [2.05, 4.69) is 0 Å². The van der Waals surface area contributed by atoms with Crippen molar-refractivity contribution < 1.29 is 18.3 Å². The second-order valence-corrected chi connectivity index (χ2v) is 11.3. The minimum absolute atomic E-state index is 0.0400. The van der Waals surface area contributed by atoms with Crippen LogP contribution in [0.1, 0.15) is 11.1 Å². The Morgan fingerprint density at radius 2 is 1.47 bits per heavy atom. The molecule has 0 fully saturated rings. The lowest BCUT2D eigenvalue weighted by molar-refractivity contribution is -0.117. The van der Waals surface area contributed by atoms with E-state index in [1.807, 2.05) is 24.3 Å². The Labute approximate surface area is 202 Å². The monoisotopic (exact) mass is 508 g/mol. The fourth-order valence-corrected chi connectivity index (χ4v) is 5.29. The van der Waals surface area contributed by atoms with Crippen LogP contribution < -0.4 is 0 Å². The number of ketones is 1. The summed E-state index contributed by atoms with van der Waals surface area (Å²) in [6.45, 7) is 0.126. The number of Topliss-reactive ketones (excluding diaryl/α,β-unsaturated/α-hetero) is 1. The highest BCUT2D eigenvalue weighted by Crippen LogP contribution is 2.36. The molecule has 3 rings (SSSR count). The molecule has 168 valence electrons. The average molecular weight is 509 g/mol. The molecule has 1 N–H and O–H groups in total. The van der Waals surface area contributed by atoms with E-state index >= 15 is 0 Å². The number of aliphatic hydroxyl groups is 1. The van der Waals surface area contributed by atoms with Crippen molar-refractivity contribution in [2.75, 3.05) is 18.6 Å². The van der Waals surface area contributed by atoms with Gasteiger partial charge in [0.05, 0.1) is 21.5 Å². The Morgan fingerprint density at radius 1 is 0.906 bits per heavy atom. The number of hydrogen-bond acceptors (Lipinski definition) is 5. The zero-order valence-electron chi connectivity index (χ0n) is 17.3. The standard InChI is InChI=1S/C24H22Cl2O4S2/c1-32(29,30)21-8-4-18(5-9-21)24-22(25)14-17(15-23(24)26)13-19(28)12-16-2-6-20(7-3-16)31-11-10-27/h2-9,14-15,27H,10-13H2,1H3. The molecule has 0 aliphatic heterocycles. The van der Waals surface area contributed by atoms with Gasteiger partial charge in [0, 0.05) is 35.3 Å². The summed E-state index contributed by atoms with van der Waals surface area (Å²) in [5, 5.41) is 9.70. The molecule has 3 aromatic carbocycles. The minimum Gasteiger partial charge on any atom is -0.396 e. The first-order valence-corrected chi connectivity index (χ1v) is 13.4. The first-order valence-electron chi connectivity index (χ1n) is 9.80. The summed E-state index contributed by atoms with van der Waals surface area (Å²) in [4.78, 5) is 13.8. The largest absolute Gasteiger partial charge is 0.396 e. The SMILES string of the molecule is CS(=O)(=O)c1ccc(-c2c(Cl)cc(CC(=O)Cc3ccc(SCCO)cc3)cc2Cl)cc1. The van der Waals surface area contributed by atoms with Crippen molar-refractivity contribution in [3.05, 3.63) is 81.8 Å². The molecule has 0 heterocycles. The highest BCUT2D eigenvalue weighted by molar-refractivity contribution is 7.99. The van der Waals surface area contributed by atoms with Crippen LogP contribution in [0.2, 0.25) is 10.0 Å². The van der Waals surface area contributed by atoms with Crippen molar-refractivity contribution >= 4 is 50.6 Å². The van der Waals surface area contributed by atoms with Crippen molar-refractivity contribution in [3.63, 3.8) is 0 Å². The summed E-state index contributed by atoms with van der Waals surface area (Å²) in [5.74, 6) is 0.677. The Hall–Kier alpha value is -1.83. The van der Waals surface area contributed by atoms with E-state index < -0.39 is 9.84 Å². The van der Waals surface area contributed by atoms with E-state index in [1.165, 1.54) is 12.1 Å². The van der Waals surface area contributed by atoms with Crippen molar-refractivity contribution in [3.8, 4) is 11.1 Å². The third-order valence-corrected chi connectivity index (χ3v) is 7.48. The predicted molar refractivity (Wildman–Crippen MR) is 132 cm³/mol. The molecule has 0 amide bonds. The van der Waals surface area contributed by atoms with Crippen molar-refractivity contribution in [1.82, 2.24) is 0 Å². The fraction of sp³-hybridized carbons (Fsp3) is 0.208. The van der Waals surface area contributed by atoms with Crippen molar-refractivity contribution in [2.45, 2.75) is 22.6 Å². The Bertz CT molecular complexity index is 1180. The van der Waals surface area contributed by atoms with E-state index in [9.17, 15) is 13.2 Å². The highest BCUT2D eigenvalue weighted by atomic mass is 35.5. The molecule has 0 aromatic heterocycles. The molecule has 3 aromatic rings. The first kappa shape index (κ1) is 24.8. The molecule has 0 atom stereocenters. The van der Waals surface area contributed by atoms with E-state index in [1.54, 1.807) is 36.0 Å². The number of sulfone groups is 1. The third kappa shape index (κ3) is 6.59. The van der Waals surface area contributed by atoms with Gasteiger partial charge >= 0.3 is 0 Å². The number of carbonyl (C=O) groups is 1. The lowest BCUT2D eigenvalue weighted by Gasteiger charge is -2.11. The molecule has 0 radical (unpaired) electrons. The van der Waals surface area contributed by atoms with Gasteiger partial charge in [-0.15, -0.1) is 11.8 Å². The number of carbonyl (C=O) groups excluding carboxylic acids is 1. The van der Waals surface area contributed by atoms with Gasteiger partial charge < -0.3 is 5.11 Å². The van der Waals surface area contributed by atoms with Crippen LogP contribution in [0.5, 0.6) is 0 Å². The lowest BCUT2D eigenvalue weighted by atomic mass is 9.99. The Balaban J connectivity index is 1.71. The van der Waals surface area contributed by atoms with Crippen LogP contribution >= 0.6 is 35.0 Å². The summed E-state index contributed by atoms with van der Waals surface area (Å²) in [7, 11) is -3.29. The molecule has 0 aliphatic rings. The Kier molecular flexibility index (Phi) is 8.42. The second kappa shape index (κ2) is 10.9. The van der Waals surface area contributed by atoms with Crippen molar-refractivity contribution in [2.24, 2.45) is 0 Å². The van der Waals surface area contributed by atoms with E-state index in [-0.39, 0.29) is 23.7 Å². The summed E-state index contributed by atoms with van der Waals surface area (Å²) in [6.07, 6.45) is 1.65. The molecule has 8 heteroatoms. The van der Waals surface area contributed by atoms with Crippen LogP contribution in [0, 0.1) is 0 Å². The molecule has 0 spiro atoms. The molecule has 0 saturated carbocycles. The van der Waals surface area contributed by atoms with Crippen LogP contribution in [0.3, 0.4) is 0 Å². The summed E-state index contributed by atoms with van der Waals surface area (Å²) < 4.78 is 23.3. The minimum atomic E-state index is -3.29. The molecule has 0 aliphatic carbocycles. The van der Waals surface area contributed by atoms with E-state index in [4.69, 9.17) is 28.3 Å². The molecule has 4 nitrogen and oxygen atoms in total. The molecular weight excluding hydrogens is 487 g/mol. The maximum Gasteiger partial charge on any atom is 0.175 e. The van der Waals surface area contributed by atoms with E-state index in [0.29, 0.717) is 33.3 Å². The molecule has 0 saturated heterocycles. The molecule has 0 bridgehead atoms. The van der Waals surface area contributed by atoms with Gasteiger partial charge in [0.15, 0.2) is 9.84 Å². The average Bonchev–Trinajstić information content (AvgIpc) is 2.72. The third-order valence-electron chi connectivity index (χ3n) is 4.76. The van der Waals surface area contributed by atoms with Crippen molar-refractivity contribution in [1.29, 1.82) is 0 Å². The maximum absolute atomic E-state index is 12.6. The number of benzene rings is 3. The van der Waals surface area contributed by atoms with Crippen LogP contribution in [0.15, 0.2) is 70.5 Å². The summed E-state index contributed by atoms with van der Waals surface area (Å²) >= 11 is 14.5. The zero-order chi connectivity index (χ0) is 23.3. The van der Waals surface area contributed by atoms with Crippen LogP contribution in [0.25, 0.3) is 11.1 Å². The molecular formula is C24H22Cl2O4S2. The van der Waals surface area contributed by atoms with Crippen LogP contribution in [-0.2, 0) is 27.5 Å². The molecule has 0 unspecified atom stereocenters. The maximum atomic E-state index is 12.6. The van der Waals surface area contributed by atoms with Gasteiger partial charge in [-0.1, -0.05) is 47.5 Å². The normalized spacial score (nSPS) is 11.5. The summed E-state index contributed by atoms with van der Waals surface area (Å²) in [5.41, 5.74) is 2.93. The smallest absolute Gasteiger partial charge is 0.175 e. The van der Waals surface area contributed by atoms with Gasteiger partial charge in [0.25, 0.3) is 0 Å². The first-order chi connectivity index (χ1) is 15.2. The fourth-order valence-electron chi connectivity index (χ4n) is 3.26. The van der Waals surface area contributed by atoms with Gasteiger partial charge in [-0.3, -0.25) is 4.79 Å².